The second kappa shape index (κ2) is 5.58. The van der Waals surface area contributed by atoms with Gasteiger partial charge in [0.1, 0.15) is 0 Å². The molecule has 0 aliphatic heterocycles. The third kappa shape index (κ3) is 6.02. The molecule has 0 heterocycles. The lowest BCUT2D eigenvalue weighted by atomic mass is 10.0. The molecule has 0 saturated heterocycles. The van der Waals surface area contributed by atoms with Gasteiger partial charge < -0.3 is 15.6 Å². The summed E-state index contributed by atoms with van der Waals surface area (Å²) >= 11 is 0. The summed E-state index contributed by atoms with van der Waals surface area (Å²) in [4.78, 5) is 0. The van der Waals surface area contributed by atoms with Crippen LogP contribution in [0.25, 0.3) is 0 Å². The van der Waals surface area contributed by atoms with E-state index in [2.05, 4.69) is 0 Å². The van der Waals surface area contributed by atoms with E-state index in [4.69, 9.17) is 10.5 Å². The smallest absolute Gasteiger partial charge is 0.0748 e. The first-order chi connectivity index (χ1) is 5.89. The van der Waals surface area contributed by atoms with Crippen LogP contribution in [0.1, 0.15) is 34.1 Å². The Morgan fingerprint density at radius 2 is 1.92 bits per heavy atom. The molecule has 0 radical (unpaired) electrons. The molecule has 2 unspecified atom stereocenters. The Labute approximate surface area is 81.3 Å². The van der Waals surface area contributed by atoms with Gasteiger partial charge in [-0.05, 0) is 33.1 Å². The minimum Gasteiger partial charge on any atom is -0.393 e. The Bertz CT molecular complexity index is 135. The van der Waals surface area contributed by atoms with Gasteiger partial charge in [0.15, 0.2) is 0 Å². The molecule has 0 aromatic carbocycles. The van der Waals surface area contributed by atoms with Gasteiger partial charge in [0, 0.05) is 13.2 Å². The lowest BCUT2D eigenvalue weighted by Crippen LogP contribution is -2.34. The number of aliphatic hydroxyl groups excluding tert-OH is 1. The standard InChI is InChI=1S/C10H23NO2/c1-8(9(2)12)5-6-13-10(3,4)7-11/h8-9,12H,5-7,11H2,1-4H3. The summed E-state index contributed by atoms with van der Waals surface area (Å²) in [5, 5.41) is 9.23. The molecule has 0 aliphatic carbocycles. The van der Waals surface area contributed by atoms with Crippen molar-refractivity contribution in [3.63, 3.8) is 0 Å². The first-order valence-electron chi connectivity index (χ1n) is 4.91. The van der Waals surface area contributed by atoms with E-state index in [1.54, 1.807) is 6.92 Å². The van der Waals surface area contributed by atoms with Crippen LogP contribution in [0.4, 0.5) is 0 Å². The zero-order valence-corrected chi connectivity index (χ0v) is 9.21. The van der Waals surface area contributed by atoms with E-state index in [9.17, 15) is 5.11 Å². The lowest BCUT2D eigenvalue weighted by molar-refractivity contribution is -0.0223. The van der Waals surface area contributed by atoms with Gasteiger partial charge in [-0.15, -0.1) is 0 Å². The van der Waals surface area contributed by atoms with E-state index >= 15 is 0 Å². The molecule has 3 heteroatoms. The van der Waals surface area contributed by atoms with Crippen LogP contribution in [0.5, 0.6) is 0 Å². The van der Waals surface area contributed by atoms with E-state index in [0.717, 1.165) is 6.42 Å². The summed E-state index contributed by atoms with van der Waals surface area (Å²) in [6.07, 6.45) is 0.616. The van der Waals surface area contributed by atoms with Crippen molar-refractivity contribution < 1.29 is 9.84 Å². The number of hydrogen-bond acceptors (Lipinski definition) is 3. The first kappa shape index (κ1) is 12.9. The molecule has 0 bridgehead atoms. The van der Waals surface area contributed by atoms with Gasteiger partial charge in [-0.3, -0.25) is 0 Å². The number of rotatable bonds is 6. The molecule has 0 amide bonds. The topological polar surface area (TPSA) is 55.5 Å². The highest BCUT2D eigenvalue weighted by Crippen LogP contribution is 2.12. The van der Waals surface area contributed by atoms with Crippen molar-refractivity contribution >= 4 is 0 Å². The van der Waals surface area contributed by atoms with Crippen LogP contribution < -0.4 is 5.73 Å². The minimum atomic E-state index is -0.260. The molecule has 0 saturated carbocycles. The van der Waals surface area contributed by atoms with Crippen molar-refractivity contribution in [1.29, 1.82) is 0 Å². The Morgan fingerprint density at radius 3 is 2.31 bits per heavy atom. The van der Waals surface area contributed by atoms with Crippen molar-refractivity contribution in [2.45, 2.75) is 45.8 Å². The maximum atomic E-state index is 9.23. The Kier molecular flexibility index (Phi) is 5.53. The van der Waals surface area contributed by atoms with Gasteiger partial charge in [0.2, 0.25) is 0 Å². The quantitative estimate of drug-likeness (QED) is 0.659. The largest absolute Gasteiger partial charge is 0.393 e. The second-order valence-electron chi connectivity index (χ2n) is 4.32. The summed E-state index contributed by atoms with van der Waals surface area (Å²) in [5.41, 5.74) is 5.27. The lowest BCUT2D eigenvalue weighted by Gasteiger charge is -2.24. The Balaban J connectivity index is 3.56. The van der Waals surface area contributed by atoms with E-state index in [-0.39, 0.29) is 17.6 Å². The molecule has 3 N–H and O–H groups in total. The molecule has 0 spiro atoms. The van der Waals surface area contributed by atoms with Crippen LogP contribution in [-0.2, 0) is 4.74 Å². The second-order valence-corrected chi connectivity index (χ2v) is 4.32. The van der Waals surface area contributed by atoms with Gasteiger partial charge in [-0.2, -0.15) is 0 Å². The highest BCUT2D eigenvalue weighted by atomic mass is 16.5. The third-order valence-corrected chi connectivity index (χ3v) is 2.38. The zero-order valence-electron chi connectivity index (χ0n) is 9.21. The normalized spacial score (nSPS) is 17.1. The van der Waals surface area contributed by atoms with E-state index < -0.39 is 0 Å². The van der Waals surface area contributed by atoms with Gasteiger partial charge in [0.25, 0.3) is 0 Å². The number of nitrogens with two attached hydrogens (primary N) is 1. The first-order valence-corrected chi connectivity index (χ1v) is 4.91. The van der Waals surface area contributed by atoms with E-state index in [0.29, 0.717) is 13.2 Å². The third-order valence-electron chi connectivity index (χ3n) is 2.38. The number of ether oxygens (including phenoxy) is 1. The molecule has 0 rings (SSSR count). The van der Waals surface area contributed by atoms with Crippen LogP contribution in [0.3, 0.4) is 0 Å². The minimum absolute atomic E-state index is 0.238. The molecule has 0 aromatic rings. The molecule has 13 heavy (non-hydrogen) atoms. The maximum Gasteiger partial charge on any atom is 0.0748 e. The van der Waals surface area contributed by atoms with E-state index in [1.807, 2.05) is 20.8 Å². The van der Waals surface area contributed by atoms with Crippen molar-refractivity contribution in [2.24, 2.45) is 11.7 Å². The highest BCUT2D eigenvalue weighted by Gasteiger charge is 2.16. The van der Waals surface area contributed by atoms with Crippen LogP contribution in [0, 0.1) is 5.92 Å². The molecule has 3 nitrogen and oxygen atoms in total. The van der Waals surface area contributed by atoms with Crippen molar-refractivity contribution in [3.05, 3.63) is 0 Å². The summed E-state index contributed by atoms with van der Waals surface area (Å²) < 4.78 is 5.56. The molecular weight excluding hydrogens is 166 g/mol. The fourth-order valence-corrected chi connectivity index (χ4v) is 0.821. The Morgan fingerprint density at radius 1 is 1.38 bits per heavy atom. The van der Waals surface area contributed by atoms with E-state index in [1.165, 1.54) is 0 Å². The van der Waals surface area contributed by atoms with Gasteiger partial charge in [0.05, 0.1) is 11.7 Å². The van der Waals surface area contributed by atoms with Gasteiger partial charge in [-0.25, -0.2) is 0 Å². The molecular formula is C10H23NO2. The van der Waals surface area contributed by atoms with Crippen molar-refractivity contribution in [1.82, 2.24) is 0 Å². The zero-order chi connectivity index (χ0) is 10.5. The van der Waals surface area contributed by atoms with Crippen molar-refractivity contribution in [3.8, 4) is 0 Å². The molecule has 0 aliphatic rings. The summed E-state index contributed by atoms with van der Waals surface area (Å²) in [6, 6.07) is 0. The van der Waals surface area contributed by atoms with Crippen molar-refractivity contribution in [2.75, 3.05) is 13.2 Å². The van der Waals surface area contributed by atoms with Crippen LogP contribution in [0.2, 0.25) is 0 Å². The number of aliphatic hydroxyl groups is 1. The van der Waals surface area contributed by atoms with Crippen LogP contribution in [-0.4, -0.2) is 30.0 Å². The summed E-state index contributed by atoms with van der Waals surface area (Å²) in [6.45, 7) is 8.95. The predicted molar refractivity (Wildman–Crippen MR) is 54.5 cm³/mol. The Hall–Kier alpha value is -0.120. The van der Waals surface area contributed by atoms with Crippen LogP contribution in [0.15, 0.2) is 0 Å². The van der Waals surface area contributed by atoms with Crippen LogP contribution >= 0.6 is 0 Å². The molecule has 0 fully saturated rings. The highest BCUT2D eigenvalue weighted by molar-refractivity contribution is 4.69. The average molecular weight is 189 g/mol. The fourth-order valence-electron chi connectivity index (χ4n) is 0.821. The predicted octanol–water partition coefficient (Wildman–Crippen LogP) is 1.15. The molecule has 0 aromatic heterocycles. The van der Waals surface area contributed by atoms with Gasteiger partial charge in [-0.1, -0.05) is 6.92 Å². The maximum absolute atomic E-state index is 9.23. The van der Waals surface area contributed by atoms with Gasteiger partial charge >= 0.3 is 0 Å². The average Bonchev–Trinajstić information content (AvgIpc) is 2.04. The number of hydrogen-bond donors (Lipinski definition) is 2. The molecule has 80 valence electrons. The SMILES string of the molecule is CC(O)C(C)CCOC(C)(C)CN. The summed E-state index contributed by atoms with van der Waals surface area (Å²) in [7, 11) is 0. The monoisotopic (exact) mass is 189 g/mol. The molecule has 2 atom stereocenters. The summed E-state index contributed by atoms with van der Waals surface area (Å²) in [5.74, 6) is 0.286. The fraction of sp³-hybridized carbons (Fsp3) is 1.00.